The van der Waals surface area contributed by atoms with E-state index >= 15 is 0 Å². The Kier molecular flexibility index (Phi) is 4.04. The lowest BCUT2D eigenvalue weighted by molar-refractivity contribution is 0.0928. The van der Waals surface area contributed by atoms with Crippen molar-refractivity contribution in [3.05, 3.63) is 48.0 Å². The van der Waals surface area contributed by atoms with Crippen LogP contribution >= 0.6 is 12.2 Å². The molecule has 3 nitrogen and oxygen atoms in total. The molecule has 0 radical (unpaired) electrons. The van der Waals surface area contributed by atoms with Crippen LogP contribution in [0.2, 0.25) is 0 Å². The predicted octanol–water partition coefficient (Wildman–Crippen LogP) is 3.02. The summed E-state index contributed by atoms with van der Waals surface area (Å²) in [5.74, 6) is -0.154. The Morgan fingerprint density at radius 1 is 1.25 bits per heavy atom. The van der Waals surface area contributed by atoms with E-state index in [1.807, 2.05) is 56.3 Å². The third-order valence-corrected chi connectivity index (χ3v) is 4.13. The summed E-state index contributed by atoms with van der Waals surface area (Å²) in [5, 5.41) is 4.91. The van der Waals surface area contributed by atoms with E-state index in [1.165, 1.54) is 0 Å². The highest BCUT2D eigenvalue weighted by Gasteiger charge is 2.28. The Morgan fingerprint density at radius 3 is 2.55 bits per heavy atom. The Balaban J connectivity index is 2.40. The number of hydrogen-bond donors (Lipinski definition) is 2. The Morgan fingerprint density at radius 2 is 1.90 bits per heavy atom. The van der Waals surface area contributed by atoms with Gasteiger partial charge in [-0.25, -0.2) is 0 Å². The number of carbonyl (C=O) groups excluding carboxylic acids is 1. The second-order valence-electron chi connectivity index (χ2n) is 5.03. The molecule has 0 saturated carbocycles. The molecule has 0 aliphatic carbocycles. The zero-order valence-corrected chi connectivity index (χ0v) is 12.5. The van der Waals surface area contributed by atoms with Gasteiger partial charge in [0.15, 0.2) is 0 Å². The van der Waals surface area contributed by atoms with Gasteiger partial charge in [-0.3, -0.25) is 4.79 Å². The molecule has 104 valence electrons. The molecule has 0 fully saturated rings. The number of rotatable bonds is 4. The van der Waals surface area contributed by atoms with E-state index in [1.54, 1.807) is 0 Å². The van der Waals surface area contributed by atoms with Gasteiger partial charge < -0.3 is 11.1 Å². The number of amides is 1. The van der Waals surface area contributed by atoms with Gasteiger partial charge in [0.25, 0.3) is 5.91 Å². The minimum absolute atomic E-state index is 0.154. The normalized spacial score (nSPS) is 13.7. The average Bonchev–Trinajstić information content (AvgIpc) is 2.46. The fourth-order valence-corrected chi connectivity index (χ4v) is 2.26. The van der Waals surface area contributed by atoms with Crippen LogP contribution in [0, 0.1) is 0 Å². The maximum absolute atomic E-state index is 12.5. The van der Waals surface area contributed by atoms with Crippen LogP contribution in [-0.2, 0) is 0 Å². The quantitative estimate of drug-likeness (QED) is 0.849. The topological polar surface area (TPSA) is 55.1 Å². The average molecular weight is 286 g/mol. The summed E-state index contributed by atoms with van der Waals surface area (Å²) in [5.41, 5.74) is 5.71. The van der Waals surface area contributed by atoms with Crippen molar-refractivity contribution >= 4 is 33.9 Å². The van der Waals surface area contributed by atoms with E-state index in [2.05, 4.69) is 5.32 Å². The van der Waals surface area contributed by atoms with Gasteiger partial charge in [0, 0.05) is 5.56 Å². The van der Waals surface area contributed by atoms with E-state index in [4.69, 9.17) is 18.0 Å². The first-order chi connectivity index (χ1) is 9.48. The van der Waals surface area contributed by atoms with Crippen molar-refractivity contribution in [3.63, 3.8) is 0 Å². The van der Waals surface area contributed by atoms with Gasteiger partial charge in [-0.2, -0.15) is 0 Å². The van der Waals surface area contributed by atoms with Crippen LogP contribution in [0.25, 0.3) is 10.8 Å². The van der Waals surface area contributed by atoms with Crippen molar-refractivity contribution in [3.8, 4) is 0 Å². The molecule has 0 aliphatic heterocycles. The molecule has 1 amide bonds. The van der Waals surface area contributed by atoms with Crippen LogP contribution in [0.5, 0.6) is 0 Å². The second kappa shape index (κ2) is 5.59. The number of nitrogens with two attached hydrogens (primary N) is 1. The lowest BCUT2D eigenvalue weighted by atomic mass is 9.97. The van der Waals surface area contributed by atoms with Gasteiger partial charge in [-0.05, 0) is 30.2 Å². The smallest absolute Gasteiger partial charge is 0.252 e. The Labute approximate surface area is 124 Å². The number of benzene rings is 2. The van der Waals surface area contributed by atoms with Crippen molar-refractivity contribution in [2.75, 3.05) is 0 Å². The molecule has 2 aromatic carbocycles. The first-order valence-corrected chi connectivity index (χ1v) is 6.99. The standard InChI is InChI=1S/C16H18N2OS/c1-3-16(2,15(17)20)18-14(19)13-10-6-8-11-7-4-5-9-12(11)13/h4-10H,3H2,1-2H3,(H2,17,20)(H,18,19). The highest BCUT2D eigenvalue weighted by Crippen LogP contribution is 2.20. The highest BCUT2D eigenvalue weighted by molar-refractivity contribution is 7.80. The summed E-state index contributed by atoms with van der Waals surface area (Å²) in [7, 11) is 0. The molecule has 2 rings (SSSR count). The molecule has 2 aromatic rings. The molecule has 0 saturated heterocycles. The fraction of sp³-hybridized carbons (Fsp3) is 0.250. The summed E-state index contributed by atoms with van der Waals surface area (Å²) in [6.07, 6.45) is 0.652. The van der Waals surface area contributed by atoms with Crippen molar-refractivity contribution < 1.29 is 4.79 Å². The molecule has 1 atom stereocenters. The monoisotopic (exact) mass is 286 g/mol. The zero-order chi connectivity index (χ0) is 14.8. The summed E-state index contributed by atoms with van der Waals surface area (Å²) < 4.78 is 0. The summed E-state index contributed by atoms with van der Waals surface area (Å²) in [4.78, 5) is 12.8. The number of thiocarbonyl (C=S) groups is 1. The molecule has 0 heterocycles. The van der Waals surface area contributed by atoms with E-state index in [-0.39, 0.29) is 5.91 Å². The molecular formula is C16H18N2OS. The van der Waals surface area contributed by atoms with Crippen LogP contribution in [0.3, 0.4) is 0 Å². The van der Waals surface area contributed by atoms with Crippen LogP contribution in [-0.4, -0.2) is 16.4 Å². The summed E-state index contributed by atoms with van der Waals surface area (Å²) in [6.45, 7) is 3.79. The van der Waals surface area contributed by atoms with E-state index in [9.17, 15) is 4.79 Å². The lowest BCUT2D eigenvalue weighted by Gasteiger charge is -2.28. The van der Waals surface area contributed by atoms with Crippen LogP contribution in [0.15, 0.2) is 42.5 Å². The van der Waals surface area contributed by atoms with Crippen molar-refractivity contribution in [1.29, 1.82) is 0 Å². The zero-order valence-electron chi connectivity index (χ0n) is 11.6. The molecule has 1 unspecified atom stereocenters. The molecular weight excluding hydrogens is 268 g/mol. The molecule has 0 spiro atoms. The first kappa shape index (κ1) is 14.5. The van der Waals surface area contributed by atoms with Gasteiger partial charge in [0.05, 0.1) is 10.5 Å². The van der Waals surface area contributed by atoms with Gasteiger partial charge in [-0.1, -0.05) is 55.5 Å². The third-order valence-electron chi connectivity index (χ3n) is 3.67. The fourth-order valence-electron chi connectivity index (χ4n) is 2.07. The van der Waals surface area contributed by atoms with Gasteiger partial charge in [0.1, 0.15) is 0 Å². The summed E-state index contributed by atoms with van der Waals surface area (Å²) in [6, 6.07) is 13.5. The largest absolute Gasteiger partial charge is 0.391 e. The summed E-state index contributed by atoms with van der Waals surface area (Å²) >= 11 is 5.06. The first-order valence-electron chi connectivity index (χ1n) is 6.58. The SMILES string of the molecule is CCC(C)(NC(=O)c1cccc2ccccc12)C(N)=S. The number of nitrogens with one attached hydrogen (secondary N) is 1. The van der Waals surface area contributed by atoms with Crippen molar-refractivity contribution in [2.24, 2.45) is 5.73 Å². The number of carbonyl (C=O) groups is 1. The van der Waals surface area contributed by atoms with E-state index < -0.39 is 5.54 Å². The molecule has 3 N–H and O–H groups in total. The van der Waals surface area contributed by atoms with Crippen LogP contribution in [0.1, 0.15) is 30.6 Å². The maximum Gasteiger partial charge on any atom is 0.252 e. The van der Waals surface area contributed by atoms with Crippen LogP contribution < -0.4 is 11.1 Å². The van der Waals surface area contributed by atoms with Crippen molar-refractivity contribution in [2.45, 2.75) is 25.8 Å². The van der Waals surface area contributed by atoms with E-state index in [0.717, 1.165) is 10.8 Å². The lowest BCUT2D eigenvalue weighted by Crippen LogP contribution is -2.54. The van der Waals surface area contributed by atoms with Crippen molar-refractivity contribution in [1.82, 2.24) is 5.32 Å². The maximum atomic E-state index is 12.5. The molecule has 0 aliphatic rings. The van der Waals surface area contributed by atoms with Gasteiger partial charge in [0.2, 0.25) is 0 Å². The highest BCUT2D eigenvalue weighted by atomic mass is 32.1. The van der Waals surface area contributed by atoms with E-state index in [0.29, 0.717) is 17.0 Å². The minimum atomic E-state index is -0.663. The third kappa shape index (κ3) is 2.65. The molecule has 20 heavy (non-hydrogen) atoms. The minimum Gasteiger partial charge on any atom is -0.391 e. The Bertz CT molecular complexity index is 663. The molecule has 4 heteroatoms. The number of hydrogen-bond acceptors (Lipinski definition) is 2. The van der Waals surface area contributed by atoms with Gasteiger partial charge >= 0.3 is 0 Å². The second-order valence-corrected chi connectivity index (χ2v) is 5.47. The predicted molar refractivity (Wildman–Crippen MR) is 86.9 cm³/mol. The molecule has 0 bridgehead atoms. The number of fused-ring (bicyclic) bond motifs is 1. The Hall–Kier alpha value is -1.94. The van der Waals surface area contributed by atoms with Crippen LogP contribution in [0.4, 0.5) is 0 Å². The van der Waals surface area contributed by atoms with Gasteiger partial charge in [-0.15, -0.1) is 0 Å². The molecule has 0 aromatic heterocycles.